The molecule has 0 fully saturated rings. The summed E-state index contributed by atoms with van der Waals surface area (Å²) in [5.41, 5.74) is 2.55. The van der Waals surface area contributed by atoms with Gasteiger partial charge in [-0.3, -0.25) is 0 Å². The molecule has 0 bridgehead atoms. The minimum atomic E-state index is 0.315. The Morgan fingerprint density at radius 2 is 1.70 bits per heavy atom. The molecule has 2 aromatic carbocycles. The first kappa shape index (κ1) is 15.3. The zero-order valence-electron chi connectivity index (χ0n) is 11.9. The Morgan fingerprint density at radius 1 is 1.05 bits per heavy atom. The smallest absolute Gasteiger partial charge is 0.119 e. The number of aryl methyl sites for hydroxylation is 1. The van der Waals surface area contributed by atoms with Gasteiger partial charge in [0.25, 0.3) is 0 Å². The van der Waals surface area contributed by atoms with E-state index in [0.717, 1.165) is 12.3 Å². The minimum absolute atomic E-state index is 0.315. The molecule has 0 aromatic heterocycles. The fourth-order valence-electron chi connectivity index (χ4n) is 1.81. The van der Waals surface area contributed by atoms with Crippen LogP contribution in [0.5, 0.6) is 5.75 Å². The van der Waals surface area contributed by atoms with Crippen molar-refractivity contribution in [1.29, 1.82) is 0 Å². The molecule has 0 heterocycles. The SMILES string of the molecule is Cc1ccc(OCC(C)NCc2ccc(I)cc2)cc1. The van der Waals surface area contributed by atoms with Crippen LogP contribution < -0.4 is 10.1 Å². The largest absolute Gasteiger partial charge is 0.492 e. The van der Waals surface area contributed by atoms with Gasteiger partial charge >= 0.3 is 0 Å². The summed E-state index contributed by atoms with van der Waals surface area (Å²) >= 11 is 2.32. The molecule has 0 saturated carbocycles. The van der Waals surface area contributed by atoms with E-state index in [4.69, 9.17) is 4.74 Å². The molecular formula is C17H20INO. The normalized spacial score (nSPS) is 12.2. The summed E-state index contributed by atoms with van der Waals surface area (Å²) in [6.45, 7) is 5.76. The van der Waals surface area contributed by atoms with Gasteiger partial charge in [-0.2, -0.15) is 0 Å². The average molecular weight is 381 g/mol. The Balaban J connectivity index is 1.73. The van der Waals surface area contributed by atoms with Gasteiger partial charge in [0.2, 0.25) is 0 Å². The van der Waals surface area contributed by atoms with Crippen LogP contribution in [0.25, 0.3) is 0 Å². The number of rotatable bonds is 6. The minimum Gasteiger partial charge on any atom is -0.492 e. The Hall–Kier alpha value is -1.07. The van der Waals surface area contributed by atoms with Crippen molar-refractivity contribution in [2.45, 2.75) is 26.4 Å². The van der Waals surface area contributed by atoms with Crippen molar-refractivity contribution < 1.29 is 4.74 Å². The summed E-state index contributed by atoms with van der Waals surface area (Å²) in [6.07, 6.45) is 0. The van der Waals surface area contributed by atoms with Gasteiger partial charge in [-0.25, -0.2) is 0 Å². The Labute approximate surface area is 134 Å². The first-order chi connectivity index (χ1) is 9.63. The van der Waals surface area contributed by atoms with Crippen LogP contribution in [0.1, 0.15) is 18.1 Å². The molecule has 0 saturated heterocycles. The van der Waals surface area contributed by atoms with Crippen molar-refractivity contribution >= 4 is 22.6 Å². The molecule has 0 amide bonds. The maximum absolute atomic E-state index is 5.77. The zero-order chi connectivity index (χ0) is 14.4. The predicted octanol–water partition coefficient (Wildman–Crippen LogP) is 4.16. The molecule has 2 rings (SSSR count). The van der Waals surface area contributed by atoms with E-state index in [1.165, 1.54) is 14.7 Å². The molecule has 1 atom stereocenters. The predicted molar refractivity (Wildman–Crippen MR) is 92.1 cm³/mol. The summed E-state index contributed by atoms with van der Waals surface area (Å²) in [5.74, 6) is 0.929. The highest BCUT2D eigenvalue weighted by Gasteiger charge is 2.03. The van der Waals surface area contributed by atoms with Gasteiger partial charge < -0.3 is 10.1 Å². The van der Waals surface area contributed by atoms with Crippen LogP contribution in [0.4, 0.5) is 0 Å². The highest BCUT2D eigenvalue weighted by Crippen LogP contribution is 2.11. The van der Waals surface area contributed by atoms with Gasteiger partial charge in [0.1, 0.15) is 12.4 Å². The van der Waals surface area contributed by atoms with Gasteiger partial charge in [-0.15, -0.1) is 0 Å². The lowest BCUT2D eigenvalue weighted by Crippen LogP contribution is -2.31. The van der Waals surface area contributed by atoms with E-state index in [2.05, 4.69) is 78.2 Å². The second-order valence-electron chi connectivity index (χ2n) is 5.03. The number of hydrogen-bond acceptors (Lipinski definition) is 2. The van der Waals surface area contributed by atoms with Crippen molar-refractivity contribution in [3.63, 3.8) is 0 Å². The summed E-state index contributed by atoms with van der Waals surface area (Å²) in [4.78, 5) is 0. The first-order valence-corrected chi connectivity index (χ1v) is 7.88. The van der Waals surface area contributed by atoms with Gasteiger partial charge in [0.15, 0.2) is 0 Å². The molecule has 2 nitrogen and oxygen atoms in total. The van der Waals surface area contributed by atoms with Crippen LogP contribution in [0, 0.1) is 10.5 Å². The van der Waals surface area contributed by atoms with E-state index in [-0.39, 0.29) is 0 Å². The number of ether oxygens (including phenoxy) is 1. The van der Waals surface area contributed by atoms with Crippen LogP contribution in [0.2, 0.25) is 0 Å². The van der Waals surface area contributed by atoms with Crippen molar-refractivity contribution in [1.82, 2.24) is 5.32 Å². The van der Waals surface area contributed by atoms with Crippen LogP contribution in [-0.2, 0) is 6.54 Å². The Bertz CT molecular complexity index is 472. The number of benzene rings is 2. The van der Waals surface area contributed by atoms with E-state index in [1.807, 2.05) is 12.1 Å². The molecule has 1 unspecified atom stereocenters. The summed E-state index contributed by atoms with van der Waals surface area (Å²) in [6, 6.07) is 17.1. The lowest BCUT2D eigenvalue weighted by molar-refractivity contribution is 0.272. The Kier molecular flexibility index (Phi) is 5.86. The highest BCUT2D eigenvalue weighted by atomic mass is 127. The molecule has 2 aromatic rings. The highest BCUT2D eigenvalue weighted by molar-refractivity contribution is 14.1. The van der Waals surface area contributed by atoms with Crippen LogP contribution in [0.3, 0.4) is 0 Å². The molecule has 0 aliphatic carbocycles. The molecule has 106 valence electrons. The molecule has 0 spiro atoms. The van der Waals surface area contributed by atoms with E-state index >= 15 is 0 Å². The maximum atomic E-state index is 5.77. The molecule has 0 aliphatic heterocycles. The average Bonchev–Trinajstić information content (AvgIpc) is 2.46. The summed E-state index contributed by atoms with van der Waals surface area (Å²) in [5, 5.41) is 3.47. The Morgan fingerprint density at radius 3 is 2.35 bits per heavy atom. The standard InChI is InChI=1S/C17H20INO/c1-13-3-9-17(10-4-13)20-12-14(2)19-11-15-5-7-16(18)8-6-15/h3-10,14,19H,11-12H2,1-2H3. The number of nitrogens with one attached hydrogen (secondary N) is 1. The van der Waals surface area contributed by atoms with E-state index in [0.29, 0.717) is 12.6 Å². The first-order valence-electron chi connectivity index (χ1n) is 6.81. The topological polar surface area (TPSA) is 21.3 Å². The van der Waals surface area contributed by atoms with Gasteiger partial charge in [-0.1, -0.05) is 29.8 Å². The van der Waals surface area contributed by atoms with Crippen molar-refractivity contribution in [3.8, 4) is 5.75 Å². The molecule has 0 aliphatic rings. The van der Waals surface area contributed by atoms with Gasteiger partial charge in [0.05, 0.1) is 0 Å². The second-order valence-corrected chi connectivity index (χ2v) is 6.28. The third kappa shape index (κ3) is 5.13. The van der Waals surface area contributed by atoms with Gasteiger partial charge in [-0.05, 0) is 66.3 Å². The number of hydrogen-bond donors (Lipinski definition) is 1. The van der Waals surface area contributed by atoms with Crippen LogP contribution in [-0.4, -0.2) is 12.6 Å². The number of halogens is 1. The maximum Gasteiger partial charge on any atom is 0.119 e. The zero-order valence-corrected chi connectivity index (χ0v) is 14.1. The van der Waals surface area contributed by atoms with Crippen LogP contribution in [0.15, 0.2) is 48.5 Å². The van der Waals surface area contributed by atoms with E-state index < -0.39 is 0 Å². The molecular weight excluding hydrogens is 361 g/mol. The molecule has 0 radical (unpaired) electrons. The summed E-state index contributed by atoms with van der Waals surface area (Å²) < 4.78 is 7.03. The van der Waals surface area contributed by atoms with E-state index in [9.17, 15) is 0 Å². The molecule has 1 N–H and O–H groups in total. The lowest BCUT2D eigenvalue weighted by Gasteiger charge is -2.15. The van der Waals surface area contributed by atoms with Crippen molar-refractivity contribution in [2.75, 3.05) is 6.61 Å². The fourth-order valence-corrected chi connectivity index (χ4v) is 2.17. The fraction of sp³-hybridized carbons (Fsp3) is 0.294. The lowest BCUT2D eigenvalue weighted by atomic mass is 10.2. The molecule has 20 heavy (non-hydrogen) atoms. The second kappa shape index (κ2) is 7.64. The van der Waals surface area contributed by atoms with Crippen LogP contribution >= 0.6 is 22.6 Å². The third-order valence-electron chi connectivity index (χ3n) is 3.09. The monoisotopic (exact) mass is 381 g/mol. The quantitative estimate of drug-likeness (QED) is 0.759. The van der Waals surface area contributed by atoms with Gasteiger partial charge in [0, 0.05) is 16.2 Å². The van der Waals surface area contributed by atoms with Crippen molar-refractivity contribution in [2.24, 2.45) is 0 Å². The third-order valence-corrected chi connectivity index (χ3v) is 3.81. The van der Waals surface area contributed by atoms with E-state index in [1.54, 1.807) is 0 Å². The molecule has 3 heteroatoms. The van der Waals surface area contributed by atoms with Crippen molar-refractivity contribution in [3.05, 3.63) is 63.2 Å². The summed E-state index contributed by atoms with van der Waals surface area (Å²) in [7, 11) is 0.